The van der Waals surface area contributed by atoms with E-state index < -0.39 is 0 Å². The fourth-order valence-corrected chi connectivity index (χ4v) is 1.57. The normalized spacial score (nSPS) is 10.1. The summed E-state index contributed by atoms with van der Waals surface area (Å²) in [6.07, 6.45) is 2.83. The zero-order chi connectivity index (χ0) is 11.5. The van der Waals surface area contributed by atoms with Crippen molar-refractivity contribution in [3.05, 3.63) is 40.2 Å². The van der Waals surface area contributed by atoms with Gasteiger partial charge in [0.1, 0.15) is 17.8 Å². The number of nitrogen functional groups attached to an aromatic ring is 1. The van der Waals surface area contributed by atoms with E-state index in [4.69, 9.17) is 22.1 Å². The number of hydrogen-bond acceptors (Lipinski definition) is 4. The van der Waals surface area contributed by atoms with Crippen LogP contribution in [0.15, 0.2) is 35.2 Å². The summed E-state index contributed by atoms with van der Waals surface area (Å²) in [5.74, 6) is 0.774. The number of benzene rings is 1. The zero-order valence-corrected chi connectivity index (χ0v) is 10.4. The molecule has 1 aromatic carbocycles. The summed E-state index contributed by atoms with van der Waals surface area (Å²) < 4.78 is 6.34. The molecule has 0 radical (unpaired) electrons. The first-order valence-corrected chi connectivity index (χ1v) is 5.52. The smallest absolute Gasteiger partial charge is 0.245 e. The summed E-state index contributed by atoms with van der Waals surface area (Å²) in [6.45, 7) is 0. The third kappa shape index (κ3) is 2.43. The van der Waals surface area contributed by atoms with Gasteiger partial charge in [0.2, 0.25) is 5.88 Å². The Morgan fingerprint density at radius 3 is 2.94 bits per heavy atom. The minimum Gasteiger partial charge on any atom is -0.435 e. The van der Waals surface area contributed by atoms with Crippen LogP contribution in [-0.4, -0.2) is 9.97 Å². The molecular formula is C10H7BrClN3O. The predicted molar refractivity (Wildman–Crippen MR) is 65.7 cm³/mol. The van der Waals surface area contributed by atoms with E-state index in [1.54, 1.807) is 12.1 Å². The number of halogens is 2. The van der Waals surface area contributed by atoms with Crippen molar-refractivity contribution in [3.63, 3.8) is 0 Å². The van der Waals surface area contributed by atoms with Gasteiger partial charge in [0, 0.05) is 4.47 Å². The van der Waals surface area contributed by atoms with Gasteiger partial charge >= 0.3 is 0 Å². The number of aromatic nitrogens is 2. The molecule has 0 atom stereocenters. The molecule has 6 heteroatoms. The van der Waals surface area contributed by atoms with Crippen molar-refractivity contribution in [2.45, 2.75) is 0 Å². The molecule has 0 saturated carbocycles. The van der Waals surface area contributed by atoms with E-state index in [9.17, 15) is 0 Å². The van der Waals surface area contributed by atoms with Crippen LogP contribution >= 0.6 is 27.5 Å². The standard InChI is InChI=1S/C10H7BrClN3O/c11-6-1-2-7(12)9(3-6)16-10-8(13)4-14-5-15-10/h1-5H,13H2. The van der Waals surface area contributed by atoms with Gasteiger partial charge in [0.15, 0.2) is 0 Å². The molecule has 16 heavy (non-hydrogen) atoms. The van der Waals surface area contributed by atoms with Crippen LogP contribution < -0.4 is 10.5 Å². The quantitative estimate of drug-likeness (QED) is 0.924. The van der Waals surface area contributed by atoms with Crippen molar-refractivity contribution in [1.82, 2.24) is 9.97 Å². The first kappa shape index (κ1) is 11.2. The molecule has 0 spiro atoms. The van der Waals surface area contributed by atoms with E-state index in [1.165, 1.54) is 12.5 Å². The minimum absolute atomic E-state index is 0.287. The second-order valence-corrected chi connectivity index (χ2v) is 4.28. The summed E-state index contributed by atoms with van der Waals surface area (Å²) in [6, 6.07) is 5.28. The number of nitrogens with zero attached hydrogens (tertiary/aromatic N) is 2. The third-order valence-electron chi connectivity index (χ3n) is 1.80. The molecule has 0 amide bonds. The topological polar surface area (TPSA) is 61.0 Å². The third-order valence-corrected chi connectivity index (χ3v) is 2.61. The largest absolute Gasteiger partial charge is 0.435 e. The van der Waals surface area contributed by atoms with Crippen LogP contribution in [0.5, 0.6) is 11.6 Å². The van der Waals surface area contributed by atoms with E-state index in [-0.39, 0.29) is 5.88 Å². The van der Waals surface area contributed by atoms with Gasteiger partial charge in [0.05, 0.1) is 11.2 Å². The summed E-state index contributed by atoms with van der Waals surface area (Å²) in [4.78, 5) is 7.68. The van der Waals surface area contributed by atoms with Crippen molar-refractivity contribution in [3.8, 4) is 11.6 Å². The number of nitrogens with two attached hydrogens (primary N) is 1. The van der Waals surface area contributed by atoms with Crippen LogP contribution in [0.25, 0.3) is 0 Å². The van der Waals surface area contributed by atoms with Crippen LogP contribution in [0.2, 0.25) is 5.02 Å². The Morgan fingerprint density at radius 2 is 2.19 bits per heavy atom. The fourth-order valence-electron chi connectivity index (χ4n) is 1.07. The van der Waals surface area contributed by atoms with E-state index >= 15 is 0 Å². The highest BCUT2D eigenvalue weighted by Crippen LogP contribution is 2.32. The van der Waals surface area contributed by atoms with Gasteiger partial charge in [0.25, 0.3) is 0 Å². The Morgan fingerprint density at radius 1 is 1.38 bits per heavy atom. The molecule has 0 aliphatic heterocycles. The maximum absolute atomic E-state index is 5.97. The van der Waals surface area contributed by atoms with Gasteiger partial charge in [-0.05, 0) is 18.2 Å². The monoisotopic (exact) mass is 299 g/mol. The Kier molecular flexibility index (Phi) is 3.26. The zero-order valence-electron chi connectivity index (χ0n) is 8.02. The van der Waals surface area contributed by atoms with Crippen LogP contribution in [0.4, 0.5) is 5.69 Å². The number of rotatable bonds is 2. The van der Waals surface area contributed by atoms with Gasteiger partial charge in [-0.2, -0.15) is 4.98 Å². The lowest BCUT2D eigenvalue weighted by Gasteiger charge is -2.08. The van der Waals surface area contributed by atoms with Crippen molar-refractivity contribution >= 4 is 33.2 Å². The van der Waals surface area contributed by atoms with Crippen molar-refractivity contribution in [2.24, 2.45) is 0 Å². The van der Waals surface area contributed by atoms with Crippen molar-refractivity contribution in [2.75, 3.05) is 5.73 Å². The molecule has 2 rings (SSSR count). The maximum Gasteiger partial charge on any atom is 0.245 e. The average Bonchev–Trinajstić information content (AvgIpc) is 2.27. The Bertz CT molecular complexity index is 521. The lowest BCUT2D eigenvalue weighted by atomic mass is 10.3. The second kappa shape index (κ2) is 4.67. The molecule has 82 valence electrons. The lowest BCUT2D eigenvalue weighted by molar-refractivity contribution is 0.464. The molecule has 1 heterocycles. The van der Waals surface area contributed by atoms with E-state index in [2.05, 4.69) is 25.9 Å². The van der Waals surface area contributed by atoms with Crippen molar-refractivity contribution < 1.29 is 4.74 Å². The highest BCUT2D eigenvalue weighted by atomic mass is 79.9. The molecule has 0 fully saturated rings. The molecular weight excluding hydrogens is 293 g/mol. The lowest BCUT2D eigenvalue weighted by Crippen LogP contribution is -1.96. The summed E-state index contributed by atoms with van der Waals surface area (Å²) in [5, 5.41) is 0.487. The van der Waals surface area contributed by atoms with Crippen molar-refractivity contribution in [1.29, 1.82) is 0 Å². The highest BCUT2D eigenvalue weighted by Gasteiger charge is 2.07. The predicted octanol–water partition coefficient (Wildman–Crippen LogP) is 3.27. The first-order valence-electron chi connectivity index (χ1n) is 4.35. The summed E-state index contributed by atoms with van der Waals surface area (Å²) >= 11 is 9.29. The Hall–Kier alpha value is -1.33. The van der Waals surface area contributed by atoms with Gasteiger partial charge < -0.3 is 10.5 Å². The number of ether oxygens (including phenoxy) is 1. The van der Waals surface area contributed by atoms with Crippen LogP contribution in [-0.2, 0) is 0 Å². The Balaban J connectivity index is 2.34. The SMILES string of the molecule is Nc1cncnc1Oc1cc(Br)ccc1Cl. The second-order valence-electron chi connectivity index (χ2n) is 2.96. The number of hydrogen-bond donors (Lipinski definition) is 1. The van der Waals surface area contributed by atoms with E-state index in [0.717, 1.165) is 4.47 Å². The molecule has 0 bridgehead atoms. The Labute approximate surface area is 106 Å². The molecule has 2 N–H and O–H groups in total. The van der Waals surface area contributed by atoms with Gasteiger partial charge in [-0.1, -0.05) is 27.5 Å². The van der Waals surface area contributed by atoms with Crippen LogP contribution in [0.3, 0.4) is 0 Å². The van der Waals surface area contributed by atoms with E-state index in [1.807, 2.05) is 6.07 Å². The summed E-state index contributed by atoms with van der Waals surface area (Å²) in [7, 11) is 0. The van der Waals surface area contributed by atoms with Gasteiger partial charge in [-0.25, -0.2) is 4.98 Å². The minimum atomic E-state index is 0.287. The van der Waals surface area contributed by atoms with Crippen LogP contribution in [0.1, 0.15) is 0 Å². The summed E-state index contributed by atoms with van der Waals surface area (Å²) in [5.41, 5.74) is 6.01. The average molecular weight is 301 g/mol. The van der Waals surface area contributed by atoms with E-state index in [0.29, 0.717) is 16.5 Å². The molecule has 4 nitrogen and oxygen atoms in total. The van der Waals surface area contributed by atoms with Gasteiger partial charge in [-0.3, -0.25) is 0 Å². The first-order chi connectivity index (χ1) is 7.66. The molecule has 2 aromatic rings. The molecule has 1 aromatic heterocycles. The molecule has 0 unspecified atom stereocenters. The number of anilines is 1. The highest BCUT2D eigenvalue weighted by molar-refractivity contribution is 9.10. The molecule has 0 aliphatic rings. The maximum atomic E-state index is 5.97. The fraction of sp³-hybridized carbons (Fsp3) is 0. The molecule has 0 saturated heterocycles. The van der Waals surface area contributed by atoms with Gasteiger partial charge in [-0.15, -0.1) is 0 Å². The van der Waals surface area contributed by atoms with Crippen LogP contribution in [0, 0.1) is 0 Å². The molecule has 0 aliphatic carbocycles.